The van der Waals surface area contributed by atoms with Crippen LogP contribution in [-0.2, 0) is 17.6 Å². The van der Waals surface area contributed by atoms with Crippen molar-refractivity contribution in [2.45, 2.75) is 33.1 Å². The number of pyridine rings is 1. The normalized spacial score (nSPS) is 12.6. The van der Waals surface area contributed by atoms with E-state index in [-0.39, 0.29) is 18.3 Å². The molecule has 0 fully saturated rings. The van der Waals surface area contributed by atoms with E-state index in [4.69, 9.17) is 14.2 Å². The molecule has 9 nitrogen and oxygen atoms in total. The molecule has 1 aliphatic heterocycles. The summed E-state index contributed by atoms with van der Waals surface area (Å²) in [5.74, 6) is 1.05. The molecule has 1 N–H and O–H groups in total. The zero-order chi connectivity index (χ0) is 32.0. The maximum Gasteiger partial charge on any atom is 0.360 e. The van der Waals surface area contributed by atoms with E-state index in [0.717, 1.165) is 52.0 Å². The van der Waals surface area contributed by atoms with Crippen LogP contribution in [0.1, 0.15) is 41.9 Å². The second-order valence-corrected chi connectivity index (χ2v) is 12.5. The Hall–Kier alpha value is -4.96. The molecule has 0 bridgehead atoms. The van der Waals surface area contributed by atoms with Crippen molar-refractivity contribution in [1.29, 1.82) is 0 Å². The first kappa shape index (κ1) is 31.0. The van der Waals surface area contributed by atoms with Crippen molar-refractivity contribution in [3.8, 4) is 22.8 Å². The lowest BCUT2D eigenvalue weighted by Crippen LogP contribution is -2.38. The van der Waals surface area contributed by atoms with Crippen molar-refractivity contribution >= 4 is 44.4 Å². The van der Waals surface area contributed by atoms with Gasteiger partial charge in [0.1, 0.15) is 19.0 Å². The molecule has 3 aromatic carbocycles. The summed E-state index contributed by atoms with van der Waals surface area (Å²) in [4.78, 5) is 37.1. The molecule has 10 heteroatoms. The number of nitrogens with one attached hydrogen (secondary N) is 1. The number of esters is 1. The number of aryl methyl sites for hydroxylation is 1. The van der Waals surface area contributed by atoms with E-state index in [9.17, 15) is 9.59 Å². The van der Waals surface area contributed by atoms with Gasteiger partial charge in [0.2, 0.25) is 0 Å². The highest BCUT2D eigenvalue weighted by Gasteiger charge is 2.25. The molecule has 0 unspecified atom stereocenters. The zero-order valence-electron chi connectivity index (χ0n) is 26.1. The number of benzene rings is 3. The first-order valence-corrected chi connectivity index (χ1v) is 16.2. The summed E-state index contributed by atoms with van der Waals surface area (Å²) < 4.78 is 17.8. The van der Waals surface area contributed by atoms with Crippen LogP contribution in [0.5, 0.6) is 11.5 Å². The number of ether oxygens (including phenoxy) is 3. The van der Waals surface area contributed by atoms with Gasteiger partial charge in [-0.25, -0.2) is 19.6 Å². The number of fused-ring (bicyclic) bond motifs is 2. The van der Waals surface area contributed by atoms with Crippen LogP contribution in [0.4, 0.5) is 15.6 Å². The standard InChI is InChI=1S/C36H36N4O5S/c1-23(2)21-24-10-14-27(15-11-24)44-19-20-45-31-17-16-28(37-33(31)34(41)43-3)26-13-12-25-7-6-18-40(30(25)22-26)36(42)39-35-38-29-8-4-5-9-32(29)46-35/h4-5,8-17,22-23H,6-7,18-21H2,1-3H3,(H,38,39,42). The number of nitrogens with zero attached hydrogens (tertiary/aromatic N) is 3. The summed E-state index contributed by atoms with van der Waals surface area (Å²) in [5.41, 5.74) is 5.39. The third kappa shape index (κ3) is 7.13. The number of methoxy groups -OCH3 is 1. The van der Waals surface area contributed by atoms with Gasteiger partial charge >= 0.3 is 12.0 Å². The predicted molar refractivity (Wildman–Crippen MR) is 181 cm³/mol. The first-order valence-electron chi connectivity index (χ1n) is 15.4. The minimum atomic E-state index is -0.603. The Morgan fingerprint density at radius 1 is 0.957 bits per heavy atom. The Morgan fingerprint density at radius 2 is 1.76 bits per heavy atom. The number of carbonyl (C=O) groups is 2. The molecule has 0 spiro atoms. The van der Waals surface area contributed by atoms with Gasteiger partial charge in [0.05, 0.1) is 23.0 Å². The molecule has 3 heterocycles. The van der Waals surface area contributed by atoms with Crippen LogP contribution in [-0.4, -0.2) is 48.8 Å². The molecule has 0 atom stereocenters. The highest BCUT2D eigenvalue weighted by Crippen LogP contribution is 2.34. The third-order valence-corrected chi connectivity index (χ3v) is 8.62. The highest BCUT2D eigenvalue weighted by atomic mass is 32.1. The Labute approximate surface area is 272 Å². The van der Waals surface area contributed by atoms with E-state index >= 15 is 0 Å². The molecule has 236 valence electrons. The molecular formula is C36H36N4O5S. The number of hydrogen-bond donors (Lipinski definition) is 1. The van der Waals surface area contributed by atoms with Crippen LogP contribution in [0, 0.1) is 5.92 Å². The van der Waals surface area contributed by atoms with Gasteiger partial charge in [-0.3, -0.25) is 10.2 Å². The number of carbonyl (C=O) groups excluding carboxylic acids is 2. The summed E-state index contributed by atoms with van der Waals surface area (Å²) in [6, 6.07) is 25.0. The third-order valence-electron chi connectivity index (χ3n) is 7.67. The number of para-hydroxylation sites is 1. The molecule has 2 amide bonds. The monoisotopic (exact) mass is 636 g/mol. The van der Waals surface area contributed by atoms with Crippen LogP contribution >= 0.6 is 11.3 Å². The van der Waals surface area contributed by atoms with Crippen molar-refractivity contribution in [2.75, 3.05) is 37.1 Å². The minimum Gasteiger partial charge on any atom is -0.490 e. The number of amides is 2. The lowest BCUT2D eigenvalue weighted by atomic mass is 9.98. The number of rotatable bonds is 10. The van der Waals surface area contributed by atoms with E-state index in [1.807, 2.05) is 54.6 Å². The van der Waals surface area contributed by atoms with Gasteiger partial charge in [-0.05, 0) is 78.8 Å². The van der Waals surface area contributed by atoms with Crippen molar-refractivity contribution < 1.29 is 23.8 Å². The largest absolute Gasteiger partial charge is 0.490 e. The van der Waals surface area contributed by atoms with Gasteiger partial charge in [0.15, 0.2) is 16.6 Å². The Kier molecular flexibility index (Phi) is 9.44. The van der Waals surface area contributed by atoms with Crippen LogP contribution < -0.4 is 19.7 Å². The highest BCUT2D eigenvalue weighted by molar-refractivity contribution is 7.22. The van der Waals surface area contributed by atoms with Gasteiger partial charge in [-0.15, -0.1) is 0 Å². The summed E-state index contributed by atoms with van der Waals surface area (Å²) in [5, 5.41) is 3.53. The summed E-state index contributed by atoms with van der Waals surface area (Å²) in [7, 11) is 1.31. The lowest BCUT2D eigenvalue weighted by Gasteiger charge is -2.29. The molecule has 1 aliphatic rings. The Morgan fingerprint density at radius 3 is 2.54 bits per heavy atom. The van der Waals surface area contributed by atoms with Crippen LogP contribution in [0.3, 0.4) is 0 Å². The Bertz CT molecular complexity index is 1820. The summed E-state index contributed by atoms with van der Waals surface area (Å²) in [6.45, 7) is 5.48. The first-order chi connectivity index (χ1) is 22.4. The van der Waals surface area contributed by atoms with Crippen LogP contribution in [0.25, 0.3) is 21.5 Å². The van der Waals surface area contributed by atoms with Crippen molar-refractivity contribution in [1.82, 2.24) is 9.97 Å². The van der Waals surface area contributed by atoms with E-state index in [1.165, 1.54) is 24.0 Å². The fraction of sp³-hybridized carbons (Fsp3) is 0.278. The van der Waals surface area contributed by atoms with E-state index in [2.05, 4.69) is 41.3 Å². The molecule has 6 rings (SSSR count). The van der Waals surface area contributed by atoms with E-state index < -0.39 is 5.97 Å². The number of hydrogen-bond acceptors (Lipinski definition) is 8. The summed E-state index contributed by atoms with van der Waals surface area (Å²) >= 11 is 1.44. The molecule has 46 heavy (non-hydrogen) atoms. The van der Waals surface area contributed by atoms with E-state index in [1.54, 1.807) is 17.0 Å². The predicted octanol–water partition coefficient (Wildman–Crippen LogP) is 7.79. The van der Waals surface area contributed by atoms with Gasteiger partial charge in [-0.1, -0.05) is 61.6 Å². The fourth-order valence-electron chi connectivity index (χ4n) is 5.50. The second kappa shape index (κ2) is 14.0. The van der Waals surface area contributed by atoms with Crippen molar-refractivity contribution in [2.24, 2.45) is 5.92 Å². The van der Waals surface area contributed by atoms with Crippen molar-refractivity contribution in [3.63, 3.8) is 0 Å². The smallest absolute Gasteiger partial charge is 0.360 e. The maximum absolute atomic E-state index is 13.4. The Balaban J connectivity index is 1.16. The number of urea groups is 1. The van der Waals surface area contributed by atoms with Crippen molar-refractivity contribution in [3.05, 3.63) is 95.7 Å². The van der Waals surface area contributed by atoms with Gasteiger partial charge in [-0.2, -0.15) is 0 Å². The maximum atomic E-state index is 13.4. The molecule has 0 radical (unpaired) electrons. The van der Waals surface area contributed by atoms with Crippen LogP contribution in [0.15, 0.2) is 78.9 Å². The quantitative estimate of drug-likeness (QED) is 0.123. The lowest BCUT2D eigenvalue weighted by molar-refractivity contribution is 0.0588. The average molecular weight is 637 g/mol. The molecular weight excluding hydrogens is 600 g/mol. The topological polar surface area (TPSA) is 103 Å². The number of anilines is 2. The SMILES string of the molecule is COC(=O)c1nc(-c2ccc3c(c2)N(C(=O)Nc2nc4ccccc4s2)CCC3)ccc1OCCOc1ccc(CC(C)C)cc1. The summed E-state index contributed by atoms with van der Waals surface area (Å²) in [6.07, 6.45) is 2.73. The molecule has 5 aromatic rings. The molecule has 0 saturated heterocycles. The van der Waals surface area contributed by atoms with Gasteiger partial charge < -0.3 is 14.2 Å². The van der Waals surface area contributed by atoms with Crippen LogP contribution in [0.2, 0.25) is 0 Å². The molecule has 0 aliphatic carbocycles. The minimum absolute atomic E-state index is 0.0706. The molecule has 2 aromatic heterocycles. The van der Waals surface area contributed by atoms with Gasteiger partial charge in [0.25, 0.3) is 0 Å². The second-order valence-electron chi connectivity index (χ2n) is 11.5. The van der Waals surface area contributed by atoms with E-state index in [0.29, 0.717) is 35.6 Å². The molecule has 0 saturated carbocycles. The number of aromatic nitrogens is 2. The number of thiazole rings is 1. The zero-order valence-corrected chi connectivity index (χ0v) is 26.9. The van der Waals surface area contributed by atoms with Gasteiger partial charge in [0, 0.05) is 17.8 Å². The fourth-order valence-corrected chi connectivity index (χ4v) is 6.36. The average Bonchev–Trinajstić information content (AvgIpc) is 3.48.